The third kappa shape index (κ3) is 4.18. The van der Waals surface area contributed by atoms with Crippen molar-refractivity contribution < 1.29 is 9.53 Å². The number of rotatable bonds is 7. The Bertz CT molecular complexity index is 1470. The van der Waals surface area contributed by atoms with Gasteiger partial charge in [-0.25, -0.2) is 9.97 Å². The molecule has 0 bridgehead atoms. The Kier molecular flexibility index (Phi) is 5.42. The van der Waals surface area contributed by atoms with E-state index in [0.29, 0.717) is 51.1 Å². The number of hydrogen-bond donors (Lipinski definition) is 1. The lowest BCUT2D eigenvalue weighted by Crippen LogP contribution is -2.13. The van der Waals surface area contributed by atoms with Crippen molar-refractivity contribution in [1.29, 1.82) is 5.26 Å². The normalized spacial score (nSPS) is 14.0. The number of benzene rings is 2. The molecule has 2 aromatic carbocycles. The molecule has 1 fully saturated rings. The average molecular weight is 473 g/mol. The summed E-state index contributed by atoms with van der Waals surface area (Å²) < 4.78 is 8.06. The lowest BCUT2D eigenvalue weighted by Gasteiger charge is -2.12. The molecule has 1 amide bonds. The zero-order chi connectivity index (χ0) is 23.9. The summed E-state index contributed by atoms with van der Waals surface area (Å²) in [5.41, 5.74) is 8.95. The first-order valence-electron chi connectivity index (χ1n) is 10.8. The predicted octanol–water partition coefficient (Wildman–Crippen LogP) is 4.03. The summed E-state index contributed by atoms with van der Waals surface area (Å²) in [4.78, 5) is 25.0. The number of aromatic nitrogens is 4. The minimum Gasteiger partial charge on any atom is -0.470 e. The van der Waals surface area contributed by atoms with Crippen LogP contribution in [0.2, 0.25) is 5.02 Å². The lowest BCUT2D eigenvalue weighted by atomic mass is 10.1. The molecule has 0 atom stereocenters. The standard InChI is InChI=1S/C25H21ClN6O2/c1-25(8-9-25)34-24-21-23(29-14-30-24)32(13-17-5-3-2-4-16(17)12-27)22(31-21)18-7-6-15(10-19(18)26)11-20(28)33/h2-7,10,14H,8-9,11,13H2,1H3,(H2,28,33). The molecule has 1 saturated carbocycles. The number of halogens is 1. The van der Waals surface area contributed by atoms with Crippen molar-refractivity contribution in [1.82, 2.24) is 19.5 Å². The zero-order valence-corrected chi connectivity index (χ0v) is 19.2. The Morgan fingerprint density at radius 2 is 2.06 bits per heavy atom. The smallest absolute Gasteiger partial charge is 0.245 e. The molecule has 170 valence electrons. The molecule has 1 aliphatic rings. The van der Waals surface area contributed by atoms with Crippen LogP contribution in [-0.4, -0.2) is 31.0 Å². The summed E-state index contributed by atoms with van der Waals surface area (Å²) in [5.74, 6) is 0.541. The number of nitrogens with two attached hydrogens (primary N) is 1. The van der Waals surface area contributed by atoms with E-state index in [2.05, 4.69) is 16.0 Å². The number of imidazole rings is 1. The Morgan fingerprint density at radius 1 is 1.26 bits per heavy atom. The second-order valence-electron chi connectivity index (χ2n) is 8.65. The highest BCUT2D eigenvalue weighted by Gasteiger charge is 2.41. The van der Waals surface area contributed by atoms with Gasteiger partial charge in [0.1, 0.15) is 17.8 Å². The first kappa shape index (κ1) is 21.9. The van der Waals surface area contributed by atoms with E-state index < -0.39 is 5.91 Å². The molecule has 4 aromatic rings. The summed E-state index contributed by atoms with van der Waals surface area (Å²) in [7, 11) is 0. The molecule has 2 N–H and O–H groups in total. The number of amides is 1. The van der Waals surface area contributed by atoms with Crippen LogP contribution in [0.15, 0.2) is 48.8 Å². The summed E-state index contributed by atoms with van der Waals surface area (Å²) in [5, 5.41) is 10.0. The fourth-order valence-corrected chi connectivity index (χ4v) is 4.13. The molecule has 0 saturated heterocycles. The van der Waals surface area contributed by atoms with E-state index in [1.54, 1.807) is 18.2 Å². The summed E-state index contributed by atoms with van der Waals surface area (Å²) in [6.45, 7) is 2.39. The molecule has 5 rings (SSSR count). The minimum atomic E-state index is -0.435. The molecule has 0 spiro atoms. The van der Waals surface area contributed by atoms with Crippen LogP contribution < -0.4 is 10.5 Å². The van der Waals surface area contributed by atoms with Gasteiger partial charge in [0.05, 0.1) is 29.6 Å². The highest BCUT2D eigenvalue weighted by atomic mass is 35.5. The van der Waals surface area contributed by atoms with Crippen LogP contribution in [0.25, 0.3) is 22.6 Å². The van der Waals surface area contributed by atoms with Gasteiger partial charge in [-0.15, -0.1) is 0 Å². The van der Waals surface area contributed by atoms with Crippen molar-refractivity contribution >= 4 is 28.7 Å². The Labute approximate surface area is 201 Å². The zero-order valence-electron chi connectivity index (χ0n) is 18.5. The second-order valence-corrected chi connectivity index (χ2v) is 9.06. The molecule has 8 nitrogen and oxygen atoms in total. The maximum atomic E-state index is 11.3. The van der Waals surface area contributed by atoms with Gasteiger partial charge in [-0.3, -0.25) is 4.79 Å². The van der Waals surface area contributed by atoms with Crippen molar-refractivity contribution in [3.63, 3.8) is 0 Å². The second kappa shape index (κ2) is 8.43. The Morgan fingerprint density at radius 3 is 2.76 bits per heavy atom. The molecular weight excluding hydrogens is 452 g/mol. The number of carbonyl (C=O) groups is 1. The molecule has 0 radical (unpaired) electrons. The maximum Gasteiger partial charge on any atom is 0.245 e. The molecule has 0 unspecified atom stereocenters. The number of primary amides is 1. The molecule has 2 heterocycles. The predicted molar refractivity (Wildman–Crippen MR) is 127 cm³/mol. The van der Waals surface area contributed by atoms with Crippen LogP contribution in [-0.2, 0) is 17.8 Å². The number of nitriles is 1. The van der Waals surface area contributed by atoms with Gasteiger partial charge in [0, 0.05) is 5.56 Å². The van der Waals surface area contributed by atoms with E-state index in [-0.39, 0.29) is 12.0 Å². The topological polar surface area (TPSA) is 120 Å². The van der Waals surface area contributed by atoms with Crippen molar-refractivity contribution in [3.8, 4) is 23.3 Å². The van der Waals surface area contributed by atoms with Gasteiger partial charge in [-0.05, 0) is 49.1 Å². The number of hydrogen-bond acceptors (Lipinski definition) is 6. The summed E-state index contributed by atoms with van der Waals surface area (Å²) in [6, 6.07) is 14.9. The van der Waals surface area contributed by atoms with Gasteiger partial charge in [-0.2, -0.15) is 10.2 Å². The van der Waals surface area contributed by atoms with E-state index >= 15 is 0 Å². The first-order valence-corrected chi connectivity index (χ1v) is 11.2. The molecule has 1 aliphatic carbocycles. The molecule has 34 heavy (non-hydrogen) atoms. The maximum absolute atomic E-state index is 11.3. The Hall–Kier alpha value is -3.96. The van der Waals surface area contributed by atoms with E-state index in [1.165, 1.54) is 6.33 Å². The van der Waals surface area contributed by atoms with Gasteiger partial charge < -0.3 is 15.0 Å². The SMILES string of the molecule is CC1(Oc2ncnc3c2nc(-c2ccc(CC(N)=O)cc2Cl)n3Cc2ccccc2C#N)CC1. The minimum absolute atomic E-state index is 0.0913. The van der Waals surface area contributed by atoms with E-state index in [4.69, 9.17) is 27.1 Å². The van der Waals surface area contributed by atoms with Crippen molar-refractivity contribution in [3.05, 3.63) is 70.5 Å². The highest BCUT2D eigenvalue weighted by molar-refractivity contribution is 6.33. The molecule has 9 heteroatoms. The van der Waals surface area contributed by atoms with Crippen LogP contribution >= 0.6 is 11.6 Å². The number of nitrogens with zero attached hydrogens (tertiary/aromatic N) is 5. The number of fused-ring (bicyclic) bond motifs is 1. The van der Waals surface area contributed by atoms with Crippen molar-refractivity contribution in [2.24, 2.45) is 5.73 Å². The Balaban J connectivity index is 1.68. The van der Waals surface area contributed by atoms with Crippen LogP contribution in [0.4, 0.5) is 0 Å². The first-order chi connectivity index (χ1) is 16.4. The quantitative estimate of drug-likeness (QED) is 0.433. The molecule has 0 aliphatic heterocycles. The van der Waals surface area contributed by atoms with Crippen LogP contribution in [0.3, 0.4) is 0 Å². The van der Waals surface area contributed by atoms with Crippen molar-refractivity contribution in [2.45, 2.75) is 38.3 Å². The van der Waals surface area contributed by atoms with Gasteiger partial charge in [0.15, 0.2) is 11.2 Å². The highest BCUT2D eigenvalue weighted by Crippen LogP contribution is 2.41. The van der Waals surface area contributed by atoms with E-state index in [9.17, 15) is 10.1 Å². The largest absolute Gasteiger partial charge is 0.470 e. The van der Waals surface area contributed by atoms with Crippen LogP contribution in [0.1, 0.15) is 36.5 Å². The fourth-order valence-electron chi connectivity index (χ4n) is 3.85. The third-order valence-electron chi connectivity index (χ3n) is 5.91. The average Bonchev–Trinajstić information content (AvgIpc) is 3.42. The van der Waals surface area contributed by atoms with E-state index in [0.717, 1.165) is 18.4 Å². The van der Waals surface area contributed by atoms with Gasteiger partial charge in [0.25, 0.3) is 0 Å². The molecule has 2 aromatic heterocycles. The summed E-state index contributed by atoms with van der Waals surface area (Å²) in [6.07, 6.45) is 3.46. The fraction of sp³-hybridized carbons (Fsp3) is 0.240. The monoisotopic (exact) mass is 472 g/mol. The lowest BCUT2D eigenvalue weighted by molar-refractivity contribution is -0.117. The third-order valence-corrected chi connectivity index (χ3v) is 6.23. The van der Waals surface area contributed by atoms with Gasteiger partial charge in [0.2, 0.25) is 11.8 Å². The van der Waals surface area contributed by atoms with Crippen LogP contribution in [0, 0.1) is 11.3 Å². The number of ether oxygens (including phenoxy) is 1. The number of carbonyl (C=O) groups excluding carboxylic acids is 1. The van der Waals surface area contributed by atoms with Gasteiger partial charge >= 0.3 is 0 Å². The molecular formula is C25H21ClN6O2. The van der Waals surface area contributed by atoms with Crippen molar-refractivity contribution in [2.75, 3.05) is 0 Å². The van der Waals surface area contributed by atoms with Gasteiger partial charge in [-0.1, -0.05) is 35.9 Å². The summed E-state index contributed by atoms with van der Waals surface area (Å²) >= 11 is 6.64. The van der Waals surface area contributed by atoms with Crippen LogP contribution in [0.5, 0.6) is 5.88 Å². The van der Waals surface area contributed by atoms with E-state index in [1.807, 2.05) is 35.8 Å².